The van der Waals surface area contributed by atoms with E-state index in [1.54, 1.807) is 24.3 Å². The third kappa shape index (κ3) is 4.29. The van der Waals surface area contributed by atoms with E-state index in [0.717, 1.165) is 15.9 Å². The standard InChI is InChI=1S/C22H22N6O4/c1-14-3-9-18(10-4-14)26-11-12-27-20(31)21(32)28(25-22(26)27)13-19(30)24-17-7-5-16(6-8-17)23-15(2)29/h3-10H,11-13H2,1-2H3,(H,23,29)(H,24,30). The quantitative estimate of drug-likeness (QED) is 0.587. The Bertz CT molecular complexity index is 1290. The first-order valence-corrected chi connectivity index (χ1v) is 10.1. The van der Waals surface area contributed by atoms with E-state index in [2.05, 4.69) is 15.7 Å². The average molecular weight is 434 g/mol. The van der Waals surface area contributed by atoms with Gasteiger partial charge >= 0.3 is 11.1 Å². The highest BCUT2D eigenvalue weighted by Crippen LogP contribution is 2.26. The summed E-state index contributed by atoms with van der Waals surface area (Å²) in [7, 11) is 0. The summed E-state index contributed by atoms with van der Waals surface area (Å²) in [5, 5.41) is 9.60. The molecule has 2 heterocycles. The summed E-state index contributed by atoms with van der Waals surface area (Å²) < 4.78 is 2.22. The van der Waals surface area contributed by atoms with Crippen molar-refractivity contribution in [1.82, 2.24) is 14.3 Å². The van der Waals surface area contributed by atoms with Gasteiger partial charge in [-0.2, -0.15) is 0 Å². The van der Waals surface area contributed by atoms with Crippen molar-refractivity contribution >= 4 is 34.8 Å². The zero-order valence-electron chi connectivity index (χ0n) is 17.7. The van der Waals surface area contributed by atoms with E-state index in [1.165, 1.54) is 11.5 Å². The van der Waals surface area contributed by atoms with Crippen LogP contribution in [-0.2, 0) is 22.7 Å². The van der Waals surface area contributed by atoms with Gasteiger partial charge in [-0.25, -0.2) is 4.68 Å². The van der Waals surface area contributed by atoms with Gasteiger partial charge in [0.1, 0.15) is 6.54 Å². The number of aryl methyl sites for hydroxylation is 1. The molecule has 0 bridgehead atoms. The van der Waals surface area contributed by atoms with Crippen molar-refractivity contribution in [3.8, 4) is 0 Å². The maximum atomic E-state index is 12.6. The normalized spacial score (nSPS) is 12.4. The highest BCUT2D eigenvalue weighted by molar-refractivity contribution is 5.92. The minimum Gasteiger partial charge on any atom is -0.326 e. The van der Waals surface area contributed by atoms with Crippen molar-refractivity contribution in [2.45, 2.75) is 26.9 Å². The molecule has 0 saturated heterocycles. The third-order valence-electron chi connectivity index (χ3n) is 5.03. The fourth-order valence-electron chi connectivity index (χ4n) is 3.48. The molecule has 10 heteroatoms. The van der Waals surface area contributed by atoms with E-state index in [0.29, 0.717) is 30.4 Å². The summed E-state index contributed by atoms with van der Waals surface area (Å²) in [6, 6.07) is 14.3. The van der Waals surface area contributed by atoms with Crippen LogP contribution in [0.1, 0.15) is 12.5 Å². The van der Waals surface area contributed by atoms with Gasteiger partial charge in [-0.15, -0.1) is 5.10 Å². The first-order valence-electron chi connectivity index (χ1n) is 10.1. The van der Waals surface area contributed by atoms with Gasteiger partial charge < -0.3 is 15.5 Å². The number of amides is 2. The van der Waals surface area contributed by atoms with Gasteiger partial charge in [0.25, 0.3) is 0 Å². The molecule has 164 valence electrons. The third-order valence-corrected chi connectivity index (χ3v) is 5.03. The number of aromatic nitrogens is 3. The lowest BCUT2D eigenvalue weighted by Gasteiger charge is -2.18. The number of rotatable bonds is 5. The molecular formula is C22H22N6O4. The maximum Gasteiger partial charge on any atom is 0.333 e. The molecule has 1 aromatic heterocycles. The second-order valence-corrected chi connectivity index (χ2v) is 7.51. The van der Waals surface area contributed by atoms with Crippen LogP contribution < -0.4 is 26.7 Å². The molecule has 1 aliphatic rings. The van der Waals surface area contributed by atoms with E-state index in [9.17, 15) is 19.2 Å². The van der Waals surface area contributed by atoms with Crippen LogP contribution in [0, 0.1) is 6.92 Å². The van der Waals surface area contributed by atoms with Crippen molar-refractivity contribution in [1.29, 1.82) is 0 Å². The van der Waals surface area contributed by atoms with Crippen LogP contribution in [-0.4, -0.2) is 32.7 Å². The van der Waals surface area contributed by atoms with Crippen molar-refractivity contribution in [2.24, 2.45) is 0 Å². The summed E-state index contributed by atoms with van der Waals surface area (Å²) in [6.07, 6.45) is 0. The van der Waals surface area contributed by atoms with Gasteiger partial charge in [0, 0.05) is 37.1 Å². The van der Waals surface area contributed by atoms with Crippen LogP contribution in [0.5, 0.6) is 0 Å². The molecule has 0 fully saturated rings. The van der Waals surface area contributed by atoms with Crippen LogP contribution in [0.3, 0.4) is 0 Å². The lowest BCUT2D eigenvalue weighted by molar-refractivity contribution is -0.117. The van der Waals surface area contributed by atoms with Crippen LogP contribution in [0.15, 0.2) is 58.1 Å². The fourth-order valence-corrected chi connectivity index (χ4v) is 3.48. The van der Waals surface area contributed by atoms with Gasteiger partial charge in [-0.05, 0) is 43.3 Å². The van der Waals surface area contributed by atoms with Gasteiger partial charge in [-0.3, -0.25) is 23.7 Å². The summed E-state index contributed by atoms with van der Waals surface area (Å²) in [6.45, 7) is 3.82. The number of hydrogen-bond acceptors (Lipinski definition) is 6. The Labute approximate surface area is 183 Å². The molecule has 0 spiro atoms. The van der Waals surface area contributed by atoms with E-state index in [4.69, 9.17) is 0 Å². The molecule has 10 nitrogen and oxygen atoms in total. The minimum absolute atomic E-state index is 0.199. The molecule has 0 aliphatic carbocycles. The van der Waals surface area contributed by atoms with Gasteiger partial charge in [0.05, 0.1) is 0 Å². The fraction of sp³-hybridized carbons (Fsp3) is 0.227. The van der Waals surface area contributed by atoms with E-state index < -0.39 is 23.6 Å². The summed E-state index contributed by atoms with van der Waals surface area (Å²) in [5.41, 5.74) is 1.47. The largest absolute Gasteiger partial charge is 0.333 e. The van der Waals surface area contributed by atoms with Crippen LogP contribution >= 0.6 is 0 Å². The molecular weight excluding hydrogens is 412 g/mol. The number of benzene rings is 2. The molecule has 0 saturated carbocycles. The number of hydrogen-bond donors (Lipinski definition) is 2. The Kier molecular flexibility index (Phi) is 5.59. The lowest BCUT2D eigenvalue weighted by atomic mass is 10.2. The molecule has 3 aromatic rings. The second kappa shape index (κ2) is 8.50. The van der Waals surface area contributed by atoms with Crippen molar-refractivity contribution in [2.75, 3.05) is 22.1 Å². The smallest absolute Gasteiger partial charge is 0.326 e. The Morgan fingerprint density at radius 2 is 1.53 bits per heavy atom. The number of carbonyl (C=O) groups is 2. The molecule has 32 heavy (non-hydrogen) atoms. The predicted molar refractivity (Wildman–Crippen MR) is 120 cm³/mol. The monoisotopic (exact) mass is 434 g/mol. The van der Waals surface area contributed by atoms with Crippen molar-refractivity contribution < 1.29 is 9.59 Å². The van der Waals surface area contributed by atoms with E-state index in [1.807, 2.05) is 36.1 Å². The molecule has 0 unspecified atom stereocenters. The molecule has 2 amide bonds. The first-order chi connectivity index (χ1) is 15.3. The number of nitrogens with one attached hydrogen (secondary N) is 2. The Morgan fingerprint density at radius 3 is 2.16 bits per heavy atom. The van der Waals surface area contributed by atoms with Crippen LogP contribution in [0.4, 0.5) is 23.0 Å². The highest BCUT2D eigenvalue weighted by Gasteiger charge is 2.26. The molecule has 0 radical (unpaired) electrons. The molecule has 0 atom stereocenters. The van der Waals surface area contributed by atoms with Crippen LogP contribution in [0.2, 0.25) is 0 Å². The van der Waals surface area contributed by atoms with E-state index in [-0.39, 0.29) is 5.91 Å². The SMILES string of the molecule is CC(=O)Nc1ccc(NC(=O)Cn2nc3n(c(=O)c2=O)CCN3c2ccc(C)cc2)cc1. The average Bonchev–Trinajstić information content (AvgIpc) is 3.17. The van der Waals surface area contributed by atoms with Crippen molar-refractivity contribution in [3.63, 3.8) is 0 Å². The topological polar surface area (TPSA) is 118 Å². The maximum absolute atomic E-state index is 12.6. The zero-order valence-corrected chi connectivity index (χ0v) is 17.7. The zero-order chi connectivity index (χ0) is 22.8. The summed E-state index contributed by atoms with van der Waals surface area (Å²) in [4.78, 5) is 50.5. The Morgan fingerprint density at radius 1 is 0.906 bits per heavy atom. The van der Waals surface area contributed by atoms with Gasteiger partial charge in [-0.1, -0.05) is 17.7 Å². The molecule has 2 aromatic carbocycles. The van der Waals surface area contributed by atoms with E-state index >= 15 is 0 Å². The second-order valence-electron chi connectivity index (χ2n) is 7.51. The predicted octanol–water partition coefficient (Wildman–Crippen LogP) is 1.46. The lowest BCUT2D eigenvalue weighted by Crippen LogP contribution is -2.44. The Balaban J connectivity index is 1.55. The molecule has 2 N–H and O–H groups in total. The minimum atomic E-state index is -0.851. The first kappa shape index (κ1) is 21.0. The number of nitrogens with zero attached hydrogens (tertiary/aromatic N) is 4. The Hall–Kier alpha value is -4.21. The molecule has 4 rings (SSSR count). The number of anilines is 4. The van der Waals surface area contributed by atoms with Crippen molar-refractivity contribution in [3.05, 3.63) is 74.8 Å². The number of carbonyl (C=O) groups excluding carboxylic acids is 2. The van der Waals surface area contributed by atoms with Gasteiger partial charge in [0.15, 0.2) is 0 Å². The summed E-state index contributed by atoms with van der Waals surface area (Å²) in [5.74, 6) is -0.378. The molecule has 1 aliphatic heterocycles. The number of fused-ring (bicyclic) bond motifs is 1. The summed E-state index contributed by atoms with van der Waals surface area (Å²) >= 11 is 0. The van der Waals surface area contributed by atoms with Gasteiger partial charge in [0.2, 0.25) is 17.8 Å². The van der Waals surface area contributed by atoms with Crippen LogP contribution in [0.25, 0.3) is 0 Å². The highest BCUT2D eigenvalue weighted by atomic mass is 16.2.